The van der Waals surface area contributed by atoms with Crippen molar-refractivity contribution in [2.75, 3.05) is 0 Å². The quantitative estimate of drug-likeness (QED) is 0.473. The van der Waals surface area contributed by atoms with Crippen molar-refractivity contribution in [1.82, 2.24) is 4.84 Å². The van der Waals surface area contributed by atoms with E-state index in [0.29, 0.717) is 0 Å². The Morgan fingerprint density at radius 2 is 2.50 bits per heavy atom. The number of rotatable bonds is 2. The van der Waals surface area contributed by atoms with Gasteiger partial charge in [-0.2, -0.15) is 0 Å². The molecule has 2 atom stereocenters. The second-order valence-corrected chi connectivity index (χ2v) is 3.04. The highest BCUT2D eigenvalue weighted by atomic mass is 35.5. The van der Waals surface area contributed by atoms with Crippen molar-refractivity contribution in [1.29, 1.82) is 0 Å². The number of hydrogen-bond donors (Lipinski definition) is 2. The van der Waals surface area contributed by atoms with E-state index in [1.54, 1.807) is 0 Å². The fourth-order valence-corrected chi connectivity index (χ4v) is 1.19. The van der Waals surface area contributed by atoms with Crippen LogP contribution < -0.4 is 4.84 Å². The third-order valence-corrected chi connectivity index (χ3v) is 2.05. The number of halogens is 1. The SMILES string of the molecule is C[C@]1(C(=O)O)C[C@H](NCl)C(=O)O1. The van der Waals surface area contributed by atoms with Crippen molar-refractivity contribution >= 4 is 23.7 Å². The van der Waals surface area contributed by atoms with Gasteiger partial charge in [0.15, 0.2) is 0 Å². The number of carboxylic acid groups (broad SMARTS) is 1. The number of nitrogens with one attached hydrogen (secondary N) is 1. The van der Waals surface area contributed by atoms with Crippen LogP contribution >= 0.6 is 11.8 Å². The van der Waals surface area contributed by atoms with Crippen LogP contribution in [0.25, 0.3) is 0 Å². The number of carboxylic acids is 1. The maximum absolute atomic E-state index is 10.9. The molecule has 0 amide bonds. The lowest BCUT2D eigenvalue weighted by atomic mass is 10.0. The molecule has 0 bridgehead atoms. The summed E-state index contributed by atoms with van der Waals surface area (Å²) in [5.74, 6) is -1.79. The molecule has 6 heteroatoms. The summed E-state index contributed by atoms with van der Waals surface area (Å²) in [6.07, 6.45) is 0.0463. The molecule has 0 aromatic rings. The number of carbonyl (C=O) groups excluding carboxylic acids is 1. The zero-order valence-corrected chi connectivity index (χ0v) is 7.09. The Balaban J connectivity index is 2.77. The predicted molar refractivity (Wildman–Crippen MR) is 39.5 cm³/mol. The molecule has 1 saturated heterocycles. The first kappa shape index (κ1) is 9.28. The normalized spacial score (nSPS) is 34.8. The van der Waals surface area contributed by atoms with Crippen molar-refractivity contribution in [3.63, 3.8) is 0 Å². The van der Waals surface area contributed by atoms with Crippen molar-refractivity contribution in [2.45, 2.75) is 25.0 Å². The van der Waals surface area contributed by atoms with Gasteiger partial charge in [-0.15, -0.1) is 0 Å². The highest BCUT2D eigenvalue weighted by Gasteiger charge is 2.48. The minimum Gasteiger partial charge on any atom is -0.478 e. The molecule has 1 fully saturated rings. The largest absolute Gasteiger partial charge is 0.478 e. The van der Waals surface area contributed by atoms with Crippen LogP contribution in [-0.2, 0) is 14.3 Å². The summed E-state index contributed by atoms with van der Waals surface area (Å²) in [6.45, 7) is 1.33. The van der Waals surface area contributed by atoms with Crippen molar-refractivity contribution in [2.24, 2.45) is 0 Å². The fraction of sp³-hybridized carbons (Fsp3) is 0.667. The summed E-state index contributed by atoms with van der Waals surface area (Å²) in [6, 6.07) is -0.729. The standard InChI is InChI=1S/C6H8ClNO4/c1-6(5(10)11)2-3(8-7)4(9)12-6/h3,8H,2H2,1H3,(H,10,11)/t3-,6+/m0/s1. The lowest BCUT2D eigenvalue weighted by Crippen LogP contribution is -2.35. The fourth-order valence-electron chi connectivity index (χ4n) is 1.02. The maximum Gasteiger partial charge on any atom is 0.347 e. The van der Waals surface area contributed by atoms with Gasteiger partial charge in [-0.3, -0.25) is 4.79 Å². The van der Waals surface area contributed by atoms with E-state index in [1.165, 1.54) is 6.92 Å². The van der Waals surface area contributed by atoms with E-state index in [-0.39, 0.29) is 6.42 Å². The molecule has 0 unspecified atom stereocenters. The molecule has 1 aliphatic rings. The first-order chi connectivity index (χ1) is 5.49. The molecule has 0 radical (unpaired) electrons. The topological polar surface area (TPSA) is 75.6 Å². The summed E-state index contributed by atoms with van der Waals surface area (Å²) in [5, 5.41) is 8.66. The van der Waals surface area contributed by atoms with Crippen molar-refractivity contribution in [3.8, 4) is 0 Å². The molecule has 0 spiro atoms. The van der Waals surface area contributed by atoms with Crippen LogP contribution in [0.5, 0.6) is 0 Å². The van der Waals surface area contributed by atoms with Crippen LogP contribution in [-0.4, -0.2) is 28.7 Å². The summed E-state index contributed by atoms with van der Waals surface area (Å²) in [7, 11) is 0. The van der Waals surface area contributed by atoms with E-state index in [9.17, 15) is 9.59 Å². The van der Waals surface area contributed by atoms with Gasteiger partial charge >= 0.3 is 11.9 Å². The maximum atomic E-state index is 10.9. The third kappa shape index (κ3) is 1.37. The Bertz CT molecular complexity index is 232. The van der Waals surface area contributed by atoms with Gasteiger partial charge in [0.25, 0.3) is 0 Å². The first-order valence-corrected chi connectivity index (χ1v) is 3.70. The van der Waals surface area contributed by atoms with Gasteiger partial charge in [-0.1, -0.05) is 0 Å². The van der Waals surface area contributed by atoms with Crippen molar-refractivity contribution in [3.05, 3.63) is 0 Å². The number of ether oxygens (including phenoxy) is 1. The van der Waals surface area contributed by atoms with E-state index in [1.807, 2.05) is 0 Å². The molecule has 68 valence electrons. The molecule has 0 aromatic heterocycles. The zero-order chi connectivity index (χ0) is 9.35. The van der Waals surface area contributed by atoms with Crippen LogP contribution in [0.15, 0.2) is 0 Å². The molecule has 0 aromatic carbocycles. The Hall–Kier alpha value is -0.810. The van der Waals surface area contributed by atoms with E-state index in [0.717, 1.165) is 0 Å². The van der Waals surface area contributed by atoms with Crippen LogP contribution in [0, 0.1) is 0 Å². The summed E-state index contributed by atoms with van der Waals surface area (Å²) < 4.78 is 4.63. The summed E-state index contributed by atoms with van der Waals surface area (Å²) in [4.78, 5) is 23.6. The van der Waals surface area contributed by atoms with Gasteiger partial charge in [0.1, 0.15) is 6.04 Å². The Morgan fingerprint density at radius 3 is 2.75 bits per heavy atom. The lowest BCUT2D eigenvalue weighted by Gasteiger charge is -2.15. The van der Waals surface area contributed by atoms with Gasteiger partial charge in [-0.25, -0.2) is 9.63 Å². The molecule has 0 aliphatic carbocycles. The smallest absolute Gasteiger partial charge is 0.347 e. The first-order valence-electron chi connectivity index (χ1n) is 3.32. The highest BCUT2D eigenvalue weighted by Crippen LogP contribution is 2.26. The highest BCUT2D eigenvalue weighted by molar-refractivity contribution is 6.15. The Morgan fingerprint density at radius 1 is 1.92 bits per heavy atom. The number of carbonyl (C=O) groups is 2. The number of hydrogen-bond acceptors (Lipinski definition) is 4. The van der Waals surface area contributed by atoms with Crippen LogP contribution in [0.1, 0.15) is 13.3 Å². The van der Waals surface area contributed by atoms with Gasteiger partial charge in [0, 0.05) is 6.42 Å². The molecule has 1 rings (SSSR count). The van der Waals surface area contributed by atoms with E-state index >= 15 is 0 Å². The average molecular weight is 194 g/mol. The zero-order valence-electron chi connectivity index (χ0n) is 6.33. The second kappa shape index (κ2) is 2.91. The van der Waals surface area contributed by atoms with Crippen LogP contribution in [0.2, 0.25) is 0 Å². The summed E-state index contributed by atoms with van der Waals surface area (Å²) in [5.41, 5.74) is -1.44. The molecule has 5 nitrogen and oxygen atoms in total. The van der Waals surface area contributed by atoms with Gasteiger partial charge in [-0.05, 0) is 18.7 Å². The minimum atomic E-state index is -1.44. The monoisotopic (exact) mass is 193 g/mol. The number of esters is 1. The molecule has 0 saturated carbocycles. The van der Waals surface area contributed by atoms with Crippen LogP contribution in [0.3, 0.4) is 0 Å². The molecule has 12 heavy (non-hydrogen) atoms. The Labute approximate surface area is 73.8 Å². The molecule has 1 aliphatic heterocycles. The molecule has 2 N–H and O–H groups in total. The number of aliphatic carboxylic acids is 1. The van der Waals surface area contributed by atoms with Crippen molar-refractivity contribution < 1.29 is 19.4 Å². The van der Waals surface area contributed by atoms with Gasteiger partial charge in [0.2, 0.25) is 5.60 Å². The van der Waals surface area contributed by atoms with E-state index < -0.39 is 23.6 Å². The molecular formula is C6H8ClNO4. The molecular weight excluding hydrogens is 186 g/mol. The van der Waals surface area contributed by atoms with Gasteiger partial charge in [0.05, 0.1) is 0 Å². The Kier molecular flexibility index (Phi) is 2.25. The predicted octanol–water partition coefficient (Wildman–Crippen LogP) is -0.111. The molecule has 1 heterocycles. The lowest BCUT2D eigenvalue weighted by molar-refractivity contribution is -0.167. The second-order valence-electron chi connectivity index (χ2n) is 2.82. The van der Waals surface area contributed by atoms with Gasteiger partial charge < -0.3 is 9.84 Å². The van der Waals surface area contributed by atoms with E-state index in [4.69, 9.17) is 16.9 Å². The average Bonchev–Trinajstić information content (AvgIpc) is 2.27. The minimum absolute atomic E-state index is 0.0463. The summed E-state index contributed by atoms with van der Waals surface area (Å²) >= 11 is 5.19. The number of cyclic esters (lactones) is 1. The van der Waals surface area contributed by atoms with E-state index in [2.05, 4.69) is 9.57 Å². The van der Waals surface area contributed by atoms with Crippen LogP contribution in [0.4, 0.5) is 0 Å². The third-order valence-electron chi connectivity index (χ3n) is 1.79.